The molecule has 0 aromatic heterocycles. The minimum Gasteiger partial charge on any atom is -0.497 e. The lowest BCUT2D eigenvalue weighted by Crippen LogP contribution is -2.36. The van der Waals surface area contributed by atoms with Gasteiger partial charge < -0.3 is 15.2 Å². The molecule has 1 aliphatic rings. The molecule has 1 fully saturated rings. The number of carbonyl (C=O) groups is 3. The zero-order valence-electron chi connectivity index (χ0n) is 14.1. The number of nitrogens with two attached hydrogens (primary N) is 1. The normalized spacial score (nSPS) is 15.8. The van der Waals surface area contributed by atoms with E-state index in [1.165, 1.54) is 7.11 Å². The van der Waals surface area contributed by atoms with Gasteiger partial charge in [-0.25, -0.2) is 0 Å². The predicted octanol–water partition coefficient (Wildman–Crippen LogP) is 2.38. The number of rotatable bonds is 5. The number of ether oxygens (including phenoxy) is 2. The molecule has 134 valence electrons. The summed E-state index contributed by atoms with van der Waals surface area (Å²) >= 11 is 0.760. The molecule has 1 aliphatic heterocycles. The summed E-state index contributed by atoms with van der Waals surface area (Å²) in [7, 11) is 3.09. The number of amides is 3. The fraction of sp³-hybridized carbons (Fsp3) is 0.167. The van der Waals surface area contributed by atoms with Gasteiger partial charge in [0.25, 0.3) is 11.1 Å². The molecule has 26 heavy (non-hydrogen) atoms. The highest BCUT2D eigenvalue weighted by atomic mass is 32.2. The molecule has 8 heteroatoms. The molecule has 2 aromatic carbocycles. The number of fused-ring (bicyclic) bond motifs is 1. The largest absolute Gasteiger partial charge is 0.497 e. The van der Waals surface area contributed by atoms with Crippen LogP contribution in [0.3, 0.4) is 0 Å². The van der Waals surface area contributed by atoms with Crippen LogP contribution in [0.4, 0.5) is 4.79 Å². The summed E-state index contributed by atoms with van der Waals surface area (Å²) in [6, 6.07) is 9.23. The van der Waals surface area contributed by atoms with Gasteiger partial charge in [0.05, 0.1) is 19.1 Å². The van der Waals surface area contributed by atoms with E-state index in [0.717, 1.165) is 27.4 Å². The van der Waals surface area contributed by atoms with Gasteiger partial charge in [-0.05, 0) is 46.8 Å². The lowest BCUT2D eigenvalue weighted by Gasteiger charge is -2.11. The highest BCUT2D eigenvalue weighted by Gasteiger charge is 2.36. The lowest BCUT2D eigenvalue weighted by atomic mass is 10.0. The Hall–Kier alpha value is -3.00. The molecular formula is C18H16N2O5S. The van der Waals surface area contributed by atoms with Gasteiger partial charge in [-0.15, -0.1) is 0 Å². The number of carbonyl (C=O) groups excluding carboxylic acids is 3. The van der Waals surface area contributed by atoms with Gasteiger partial charge in [0.1, 0.15) is 18.0 Å². The van der Waals surface area contributed by atoms with E-state index in [2.05, 4.69) is 0 Å². The summed E-state index contributed by atoms with van der Waals surface area (Å²) in [6.45, 7) is -0.442. The van der Waals surface area contributed by atoms with Crippen molar-refractivity contribution in [3.63, 3.8) is 0 Å². The van der Waals surface area contributed by atoms with Crippen LogP contribution >= 0.6 is 11.8 Å². The molecule has 0 spiro atoms. The molecule has 0 atom stereocenters. The van der Waals surface area contributed by atoms with Crippen LogP contribution in [0.5, 0.6) is 11.5 Å². The minimum absolute atomic E-state index is 0.199. The summed E-state index contributed by atoms with van der Waals surface area (Å²) < 4.78 is 10.7. The van der Waals surface area contributed by atoms with Crippen molar-refractivity contribution >= 4 is 45.7 Å². The average Bonchev–Trinajstić information content (AvgIpc) is 2.88. The van der Waals surface area contributed by atoms with Crippen molar-refractivity contribution in [2.24, 2.45) is 5.73 Å². The Bertz CT molecular complexity index is 949. The molecule has 0 bridgehead atoms. The van der Waals surface area contributed by atoms with E-state index >= 15 is 0 Å². The number of primary amides is 1. The predicted molar refractivity (Wildman–Crippen MR) is 98.9 cm³/mol. The van der Waals surface area contributed by atoms with Crippen molar-refractivity contribution in [2.75, 3.05) is 20.8 Å². The van der Waals surface area contributed by atoms with Crippen molar-refractivity contribution in [1.82, 2.24) is 4.90 Å². The number of hydrogen-bond donors (Lipinski definition) is 1. The van der Waals surface area contributed by atoms with E-state index in [0.29, 0.717) is 17.1 Å². The van der Waals surface area contributed by atoms with Crippen LogP contribution in [-0.4, -0.2) is 42.7 Å². The maximum Gasteiger partial charge on any atom is 0.294 e. The molecule has 1 saturated heterocycles. The van der Waals surface area contributed by atoms with Crippen molar-refractivity contribution in [3.05, 3.63) is 40.8 Å². The number of nitrogens with zero attached hydrogens (tertiary/aromatic N) is 1. The van der Waals surface area contributed by atoms with Gasteiger partial charge in [-0.2, -0.15) is 0 Å². The Kier molecular flexibility index (Phi) is 4.85. The molecule has 1 heterocycles. The molecule has 3 amide bonds. The summed E-state index contributed by atoms with van der Waals surface area (Å²) in [4.78, 5) is 36.6. The van der Waals surface area contributed by atoms with E-state index in [1.807, 2.05) is 24.3 Å². The van der Waals surface area contributed by atoms with Crippen LogP contribution in [0.15, 0.2) is 35.2 Å². The van der Waals surface area contributed by atoms with Gasteiger partial charge in [0, 0.05) is 5.56 Å². The van der Waals surface area contributed by atoms with Gasteiger partial charge >= 0.3 is 0 Å². The van der Waals surface area contributed by atoms with Crippen LogP contribution < -0.4 is 15.2 Å². The first-order valence-corrected chi connectivity index (χ1v) is 8.44. The van der Waals surface area contributed by atoms with E-state index in [4.69, 9.17) is 15.2 Å². The molecule has 7 nitrogen and oxygen atoms in total. The fourth-order valence-corrected chi connectivity index (χ4v) is 3.50. The molecule has 0 radical (unpaired) electrons. The molecule has 2 N–H and O–H groups in total. The fourth-order valence-electron chi connectivity index (χ4n) is 2.68. The third-order valence-electron chi connectivity index (χ3n) is 3.91. The van der Waals surface area contributed by atoms with E-state index in [1.54, 1.807) is 19.3 Å². The maximum atomic E-state index is 12.5. The van der Waals surface area contributed by atoms with E-state index in [9.17, 15) is 14.4 Å². The summed E-state index contributed by atoms with van der Waals surface area (Å²) in [5.74, 6) is -0.100. The topological polar surface area (TPSA) is 98.9 Å². The van der Waals surface area contributed by atoms with E-state index in [-0.39, 0.29) is 4.91 Å². The molecule has 0 unspecified atom stereocenters. The second-order valence-electron chi connectivity index (χ2n) is 5.50. The van der Waals surface area contributed by atoms with Gasteiger partial charge in [-0.3, -0.25) is 19.3 Å². The van der Waals surface area contributed by atoms with Gasteiger partial charge in [0.15, 0.2) is 0 Å². The van der Waals surface area contributed by atoms with Gasteiger partial charge in [0.2, 0.25) is 5.91 Å². The maximum absolute atomic E-state index is 12.5. The summed E-state index contributed by atoms with van der Waals surface area (Å²) in [5.41, 5.74) is 5.75. The molecular weight excluding hydrogens is 356 g/mol. The Labute approximate surface area is 153 Å². The number of methoxy groups -OCH3 is 2. The van der Waals surface area contributed by atoms with Crippen LogP contribution in [-0.2, 0) is 9.59 Å². The first-order chi connectivity index (χ1) is 12.4. The third-order valence-corrected chi connectivity index (χ3v) is 4.82. The zero-order valence-corrected chi connectivity index (χ0v) is 15.0. The molecule has 0 saturated carbocycles. The van der Waals surface area contributed by atoms with Crippen LogP contribution in [0.2, 0.25) is 0 Å². The van der Waals surface area contributed by atoms with E-state index < -0.39 is 23.6 Å². The van der Waals surface area contributed by atoms with Crippen LogP contribution in [0.1, 0.15) is 5.56 Å². The number of thioether (sulfide) groups is 1. The smallest absolute Gasteiger partial charge is 0.294 e. The quantitative estimate of drug-likeness (QED) is 0.809. The zero-order chi connectivity index (χ0) is 18.8. The standard InChI is InChI=1S/C18H16N2O5S/c1-24-11-5-3-10-4-6-14(25-2)13(12(10)7-11)8-15-17(22)20(9-16(19)21)18(23)26-15/h3-8H,9H2,1-2H3,(H2,19,21)/b15-8-. The number of imide groups is 1. The Morgan fingerprint density at radius 3 is 2.58 bits per heavy atom. The highest BCUT2D eigenvalue weighted by molar-refractivity contribution is 8.18. The van der Waals surface area contributed by atoms with Crippen molar-refractivity contribution < 1.29 is 23.9 Å². The Balaban J connectivity index is 2.12. The Morgan fingerprint density at radius 1 is 1.19 bits per heavy atom. The third kappa shape index (κ3) is 3.23. The SMILES string of the molecule is COc1ccc2ccc(OC)c(/C=C3\SC(=O)N(CC(N)=O)C3=O)c2c1. The van der Waals surface area contributed by atoms with Crippen LogP contribution in [0, 0.1) is 0 Å². The number of hydrogen-bond acceptors (Lipinski definition) is 6. The highest BCUT2D eigenvalue weighted by Crippen LogP contribution is 2.37. The van der Waals surface area contributed by atoms with Gasteiger partial charge in [-0.1, -0.05) is 12.1 Å². The number of benzene rings is 2. The first-order valence-electron chi connectivity index (χ1n) is 7.63. The summed E-state index contributed by atoms with van der Waals surface area (Å²) in [5, 5.41) is 1.21. The minimum atomic E-state index is -0.749. The second kappa shape index (κ2) is 7.09. The molecule has 3 rings (SSSR count). The van der Waals surface area contributed by atoms with Crippen molar-refractivity contribution in [2.45, 2.75) is 0 Å². The first kappa shape index (κ1) is 17.8. The monoisotopic (exact) mass is 372 g/mol. The summed E-state index contributed by atoms with van der Waals surface area (Å²) in [6.07, 6.45) is 1.59. The molecule has 2 aromatic rings. The Morgan fingerprint density at radius 2 is 1.92 bits per heavy atom. The van der Waals surface area contributed by atoms with Crippen molar-refractivity contribution in [1.29, 1.82) is 0 Å². The van der Waals surface area contributed by atoms with Crippen molar-refractivity contribution in [3.8, 4) is 11.5 Å². The van der Waals surface area contributed by atoms with Crippen LogP contribution in [0.25, 0.3) is 16.8 Å². The lowest BCUT2D eigenvalue weighted by molar-refractivity contribution is -0.127. The molecule has 0 aliphatic carbocycles. The second-order valence-corrected chi connectivity index (χ2v) is 6.50. The average molecular weight is 372 g/mol.